The van der Waals surface area contributed by atoms with E-state index in [2.05, 4.69) is 22.0 Å². The predicted octanol–water partition coefficient (Wildman–Crippen LogP) is 2.14. The van der Waals surface area contributed by atoms with E-state index < -0.39 is 0 Å². The van der Waals surface area contributed by atoms with Crippen molar-refractivity contribution in [2.45, 2.75) is 6.92 Å². The summed E-state index contributed by atoms with van der Waals surface area (Å²) in [6.45, 7) is 3.52. The molecule has 0 saturated carbocycles. The molecule has 4 heteroatoms. The second-order valence-electron chi connectivity index (χ2n) is 3.11. The molecule has 0 heterocycles. The minimum absolute atomic E-state index is 0.113. The van der Waals surface area contributed by atoms with Crippen LogP contribution in [0.4, 0.5) is 5.69 Å². The van der Waals surface area contributed by atoms with E-state index in [0.29, 0.717) is 12.1 Å². The summed E-state index contributed by atoms with van der Waals surface area (Å²) in [5.41, 5.74) is 1.58. The zero-order valence-electron chi connectivity index (χ0n) is 8.57. The SMILES string of the molecule is CCN(CCO)c1cc(Br)cc(C#N)c1. The van der Waals surface area contributed by atoms with Crippen LogP contribution in [-0.2, 0) is 0 Å². The maximum atomic E-state index is 8.91. The fourth-order valence-electron chi connectivity index (χ4n) is 1.41. The van der Waals surface area contributed by atoms with Crippen molar-refractivity contribution in [3.05, 3.63) is 28.2 Å². The number of aliphatic hydroxyl groups excluding tert-OH is 1. The van der Waals surface area contributed by atoms with Crippen molar-refractivity contribution < 1.29 is 5.11 Å². The van der Waals surface area contributed by atoms with Gasteiger partial charge < -0.3 is 10.0 Å². The first-order chi connectivity index (χ1) is 7.21. The molecule has 0 saturated heterocycles. The van der Waals surface area contributed by atoms with Crippen LogP contribution in [0.1, 0.15) is 12.5 Å². The third-order valence-electron chi connectivity index (χ3n) is 2.13. The van der Waals surface area contributed by atoms with Crippen LogP contribution in [0.3, 0.4) is 0 Å². The molecule has 3 nitrogen and oxygen atoms in total. The Morgan fingerprint density at radius 3 is 2.73 bits per heavy atom. The van der Waals surface area contributed by atoms with Gasteiger partial charge >= 0.3 is 0 Å². The van der Waals surface area contributed by atoms with Crippen molar-refractivity contribution in [2.24, 2.45) is 0 Å². The number of halogens is 1. The van der Waals surface area contributed by atoms with E-state index in [1.54, 1.807) is 6.07 Å². The Morgan fingerprint density at radius 2 is 2.20 bits per heavy atom. The first-order valence-electron chi connectivity index (χ1n) is 4.77. The summed E-state index contributed by atoms with van der Waals surface area (Å²) < 4.78 is 0.882. The van der Waals surface area contributed by atoms with Gasteiger partial charge in [-0.1, -0.05) is 15.9 Å². The first kappa shape index (κ1) is 12.0. The lowest BCUT2D eigenvalue weighted by Crippen LogP contribution is -2.26. The smallest absolute Gasteiger partial charge is 0.0992 e. The van der Waals surface area contributed by atoms with Crippen LogP contribution in [0.15, 0.2) is 22.7 Å². The largest absolute Gasteiger partial charge is 0.395 e. The number of anilines is 1. The second-order valence-corrected chi connectivity index (χ2v) is 4.03. The van der Waals surface area contributed by atoms with Crippen LogP contribution in [0.2, 0.25) is 0 Å². The van der Waals surface area contributed by atoms with Gasteiger partial charge in [-0.05, 0) is 25.1 Å². The summed E-state index contributed by atoms with van der Waals surface area (Å²) in [5, 5.41) is 17.7. The molecule has 0 unspecified atom stereocenters. The topological polar surface area (TPSA) is 47.3 Å². The molecule has 0 amide bonds. The van der Waals surface area contributed by atoms with E-state index in [1.807, 2.05) is 24.0 Å². The minimum Gasteiger partial charge on any atom is -0.395 e. The lowest BCUT2D eigenvalue weighted by atomic mass is 10.2. The molecule has 0 aliphatic heterocycles. The average Bonchev–Trinajstić information content (AvgIpc) is 2.24. The molecule has 0 radical (unpaired) electrons. The van der Waals surface area contributed by atoms with Gasteiger partial charge in [-0.2, -0.15) is 5.26 Å². The van der Waals surface area contributed by atoms with Crippen molar-refractivity contribution in [1.82, 2.24) is 0 Å². The van der Waals surface area contributed by atoms with Crippen LogP contribution in [0, 0.1) is 11.3 Å². The maximum absolute atomic E-state index is 8.91. The van der Waals surface area contributed by atoms with Crippen molar-refractivity contribution in [2.75, 3.05) is 24.6 Å². The van der Waals surface area contributed by atoms with Crippen LogP contribution >= 0.6 is 15.9 Å². The third-order valence-corrected chi connectivity index (χ3v) is 2.59. The van der Waals surface area contributed by atoms with Gasteiger partial charge in [-0.25, -0.2) is 0 Å². The van der Waals surface area contributed by atoms with Crippen molar-refractivity contribution in [1.29, 1.82) is 5.26 Å². The number of hydrogen-bond acceptors (Lipinski definition) is 3. The highest BCUT2D eigenvalue weighted by molar-refractivity contribution is 9.10. The van der Waals surface area contributed by atoms with Gasteiger partial charge in [0.25, 0.3) is 0 Å². The van der Waals surface area contributed by atoms with E-state index in [9.17, 15) is 0 Å². The molecule has 0 bridgehead atoms. The zero-order valence-corrected chi connectivity index (χ0v) is 10.2. The third kappa shape index (κ3) is 3.22. The summed E-state index contributed by atoms with van der Waals surface area (Å²) >= 11 is 3.36. The van der Waals surface area contributed by atoms with Crippen LogP contribution in [-0.4, -0.2) is 24.8 Å². The van der Waals surface area contributed by atoms with Gasteiger partial charge in [-0.3, -0.25) is 0 Å². The number of nitriles is 1. The van der Waals surface area contributed by atoms with Gasteiger partial charge in [0, 0.05) is 23.2 Å². The molecule has 1 N–H and O–H groups in total. The summed E-state index contributed by atoms with van der Waals surface area (Å²) in [4.78, 5) is 2.02. The lowest BCUT2D eigenvalue weighted by Gasteiger charge is -2.22. The molecule has 0 aliphatic carbocycles. The number of aliphatic hydroxyl groups is 1. The highest BCUT2D eigenvalue weighted by Gasteiger charge is 2.05. The first-order valence-corrected chi connectivity index (χ1v) is 5.57. The number of benzene rings is 1. The van der Waals surface area contributed by atoms with Crippen molar-refractivity contribution >= 4 is 21.6 Å². The van der Waals surface area contributed by atoms with Gasteiger partial charge in [0.15, 0.2) is 0 Å². The minimum atomic E-state index is 0.113. The molecule has 0 aliphatic rings. The number of likely N-dealkylation sites (N-methyl/N-ethyl adjacent to an activating group) is 1. The Bertz CT molecular complexity index is 373. The Labute approximate surface area is 98.1 Å². The molecule has 0 spiro atoms. The van der Waals surface area contributed by atoms with E-state index in [1.165, 1.54) is 0 Å². The van der Waals surface area contributed by atoms with Gasteiger partial charge in [0.1, 0.15) is 0 Å². The van der Waals surface area contributed by atoms with Gasteiger partial charge in [0.2, 0.25) is 0 Å². The van der Waals surface area contributed by atoms with E-state index >= 15 is 0 Å². The zero-order chi connectivity index (χ0) is 11.3. The quantitative estimate of drug-likeness (QED) is 0.910. The van der Waals surface area contributed by atoms with Crippen LogP contribution in [0.5, 0.6) is 0 Å². The van der Waals surface area contributed by atoms with E-state index in [4.69, 9.17) is 10.4 Å². The normalized spacial score (nSPS) is 9.73. The Balaban J connectivity index is 3.02. The van der Waals surface area contributed by atoms with E-state index in [0.717, 1.165) is 16.7 Å². The van der Waals surface area contributed by atoms with Crippen LogP contribution in [0.25, 0.3) is 0 Å². The number of hydrogen-bond donors (Lipinski definition) is 1. The molecule has 1 aromatic carbocycles. The van der Waals surface area contributed by atoms with Crippen LogP contribution < -0.4 is 4.90 Å². The van der Waals surface area contributed by atoms with Crippen molar-refractivity contribution in [3.63, 3.8) is 0 Å². The summed E-state index contributed by atoms with van der Waals surface area (Å²) in [6, 6.07) is 7.65. The molecule has 0 atom stereocenters. The standard InChI is InChI=1S/C11H13BrN2O/c1-2-14(3-4-15)11-6-9(8-13)5-10(12)7-11/h5-7,15H,2-4H2,1H3. The van der Waals surface area contributed by atoms with Gasteiger partial charge in [-0.15, -0.1) is 0 Å². The summed E-state index contributed by atoms with van der Waals surface area (Å²) in [6.07, 6.45) is 0. The molecule has 15 heavy (non-hydrogen) atoms. The Kier molecular flexibility index (Phi) is 4.60. The molecule has 0 aromatic heterocycles. The fraction of sp³-hybridized carbons (Fsp3) is 0.364. The fourth-order valence-corrected chi connectivity index (χ4v) is 1.89. The molecule has 1 rings (SSSR count). The number of nitrogens with zero attached hydrogens (tertiary/aromatic N) is 2. The molecule has 0 fully saturated rings. The molecular formula is C11H13BrN2O. The molecule has 80 valence electrons. The Morgan fingerprint density at radius 1 is 1.47 bits per heavy atom. The number of rotatable bonds is 4. The predicted molar refractivity (Wildman–Crippen MR) is 63.8 cm³/mol. The highest BCUT2D eigenvalue weighted by atomic mass is 79.9. The maximum Gasteiger partial charge on any atom is 0.0992 e. The highest BCUT2D eigenvalue weighted by Crippen LogP contribution is 2.22. The molecular weight excluding hydrogens is 256 g/mol. The van der Waals surface area contributed by atoms with Gasteiger partial charge in [0.05, 0.1) is 18.2 Å². The van der Waals surface area contributed by atoms with E-state index in [-0.39, 0.29) is 6.61 Å². The monoisotopic (exact) mass is 268 g/mol. The average molecular weight is 269 g/mol. The summed E-state index contributed by atoms with van der Waals surface area (Å²) in [7, 11) is 0. The molecule has 1 aromatic rings. The second kappa shape index (κ2) is 5.74. The van der Waals surface area contributed by atoms with Crippen molar-refractivity contribution in [3.8, 4) is 6.07 Å². The Hall–Kier alpha value is -1.05. The summed E-state index contributed by atoms with van der Waals surface area (Å²) in [5.74, 6) is 0. The lowest BCUT2D eigenvalue weighted by molar-refractivity contribution is 0.302.